The molecule has 0 amide bonds. The third-order valence-corrected chi connectivity index (χ3v) is 3.52. The normalized spacial score (nSPS) is 11.6. The zero-order valence-corrected chi connectivity index (χ0v) is 12.0. The zero-order valence-electron chi connectivity index (χ0n) is 12.0. The molecule has 1 rings (SSSR count). The first-order valence-electron chi connectivity index (χ1n) is 6.26. The predicted molar refractivity (Wildman–Crippen MR) is 73.9 cm³/mol. The molecule has 96 valence electrons. The van der Waals surface area contributed by atoms with Crippen LogP contribution in [0, 0.1) is 20.8 Å². The van der Waals surface area contributed by atoms with E-state index in [9.17, 15) is 0 Å². The quantitative estimate of drug-likeness (QED) is 0.844. The Morgan fingerprint density at radius 1 is 1.12 bits per heavy atom. The Labute approximate surface area is 105 Å². The van der Waals surface area contributed by atoms with Crippen molar-refractivity contribution in [1.82, 2.24) is 5.32 Å². The molecule has 1 N–H and O–H groups in total. The zero-order chi connectivity index (χ0) is 13.1. The van der Waals surface area contributed by atoms with E-state index in [1.807, 2.05) is 7.05 Å². The van der Waals surface area contributed by atoms with Crippen LogP contribution in [0.4, 0.5) is 0 Å². The Balaban J connectivity index is 2.67. The molecule has 0 aliphatic heterocycles. The maximum atomic E-state index is 5.95. The van der Waals surface area contributed by atoms with Crippen LogP contribution in [-0.4, -0.2) is 19.2 Å². The maximum absolute atomic E-state index is 5.95. The van der Waals surface area contributed by atoms with Gasteiger partial charge in [0.1, 0.15) is 5.75 Å². The molecule has 0 aromatic heterocycles. The van der Waals surface area contributed by atoms with Gasteiger partial charge < -0.3 is 10.1 Å². The summed E-state index contributed by atoms with van der Waals surface area (Å²) in [7, 11) is 1.99. The van der Waals surface area contributed by atoms with Crippen LogP contribution in [0.1, 0.15) is 37.0 Å². The van der Waals surface area contributed by atoms with Crippen LogP contribution < -0.4 is 10.1 Å². The summed E-state index contributed by atoms with van der Waals surface area (Å²) in [6.07, 6.45) is 0.996. The maximum Gasteiger partial charge on any atom is 0.125 e. The Morgan fingerprint density at radius 3 is 2.29 bits per heavy atom. The molecule has 0 heterocycles. The Hall–Kier alpha value is -1.02. The minimum Gasteiger partial charge on any atom is -0.493 e. The third kappa shape index (κ3) is 3.74. The molecule has 2 nitrogen and oxygen atoms in total. The molecule has 0 fully saturated rings. The number of aryl methyl sites for hydroxylation is 2. The standard InChI is InChI=1S/C15H25NO/c1-11-7-8-12(2)14(13(11)3)17-10-9-15(4,5)16-6/h7-8,16H,9-10H2,1-6H3. The summed E-state index contributed by atoms with van der Waals surface area (Å²) < 4.78 is 5.95. The second-order valence-electron chi connectivity index (χ2n) is 5.39. The van der Waals surface area contributed by atoms with Gasteiger partial charge in [-0.2, -0.15) is 0 Å². The predicted octanol–water partition coefficient (Wildman–Crippen LogP) is 3.38. The van der Waals surface area contributed by atoms with Crippen LogP contribution in [0.15, 0.2) is 12.1 Å². The lowest BCUT2D eigenvalue weighted by Gasteiger charge is -2.24. The molecule has 17 heavy (non-hydrogen) atoms. The molecule has 0 unspecified atom stereocenters. The summed E-state index contributed by atoms with van der Waals surface area (Å²) >= 11 is 0. The highest BCUT2D eigenvalue weighted by Gasteiger charge is 2.15. The number of nitrogens with one attached hydrogen (secondary N) is 1. The highest BCUT2D eigenvalue weighted by Crippen LogP contribution is 2.26. The van der Waals surface area contributed by atoms with Gasteiger partial charge in [-0.1, -0.05) is 12.1 Å². The van der Waals surface area contributed by atoms with Crippen LogP contribution >= 0.6 is 0 Å². The van der Waals surface area contributed by atoms with E-state index in [0.29, 0.717) is 0 Å². The second-order valence-corrected chi connectivity index (χ2v) is 5.39. The van der Waals surface area contributed by atoms with Gasteiger partial charge in [0.05, 0.1) is 6.61 Å². The summed E-state index contributed by atoms with van der Waals surface area (Å²) in [5.74, 6) is 1.05. The van der Waals surface area contributed by atoms with Crippen LogP contribution in [0.3, 0.4) is 0 Å². The van der Waals surface area contributed by atoms with E-state index in [1.165, 1.54) is 16.7 Å². The third-order valence-electron chi connectivity index (χ3n) is 3.52. The average molecular weight is 235 g/mol. The van der Waals surface area contributed by atoms with Gasteiger partial charge in [-0.3, -0.25) is 0 Å². The fraction of sp³-hybridized carbons (Fsp3) is 0.600. The van der Waals surface area contributed by atoms with Gasteiger partial charge in [0, 0.05) is 5.54 Å². The highest BCUT2D eigenvalue weighted by molar-refractivity contribution is 5.44. The molecule has 0 aliphatic rings. The van der Waals surface area contributed by atoms with Gasteiger partial charge in [-0.15, -0.1) is 0 Å². The summed E-state index contributed by atoms with van der Waals surface area (Å²) in [5.41, 5.74) is 3.90. The van der Waals surface area contributed by atoms with Gasteiger partial charge in [0.15, 0.2) is 0 Å². The molecule has 0 saturated carbocycles. The lowest BCUT2D eigenvalue weighted by Crippen LogP contribution is -2.37. The molecule has 2 heteroatoms. The summed E-state index contributed by atoms with van der Waals surface area (Å²) in [6.45, 7) is 11.5. The van der Waals surface area contributed by atoms with Crippen LogP contribution in [0.5, 0.6) is 5.75 Å². The molecular weight excluding hydrogens is 210 g/mol. The molecule has 0 saturated heterocycles. The first-order chi connectivity index (χ1) is 7.87. The highest BCUT2D eigenvalue weighted by atomic mass is 16.5. The van der Waals surface area contributed by atoms with E-state index in [0.717, 1.165) is 18.8 Å². The Bertz CT molecular complexity index is 383. The van der Waals surface area contributed by atoms with Crippen molar-refractivity contribution in [3.05, 3.63) is 28.8 Å². The van der Waals surface area contributed by atoms with Crippen molar-refractivity contribution in [2.75, 3.05) is 13.7 Å². The van der Waals surface area contributed by atoms with E-state index in [2.05, 4.69) is 52.1 Å². The van der Waals surface area contributed by atoms with E-state index in [1.54, 1.807) is 0 Å². The SMILES string of the molecule is CNC(C)(C)CCOc1c(C)ccc(C)c1C. The molecule has 0 radical (unpaired) electrons. The molecular formula is C15H25NO. The topological polar surface area (TPSA) is 21.3 Å². The second kappa shape index (κ2) is 5.54. The molecule has 1 aromatic rings. The smallest absolute Gasteiger partial charge is 0.125 e. The summed E-state index contributed by atoms with van der Waals surface area (Å²) in [5, 5.41) is 3.29. The van der Waals surface area contributed by atoms with Crippen molar-refractivity contribution < 1.29 is 4.74 Å². The fourth-order valence-corrected chi connectivity index (χ4v) is 1.68. The summed E-state index contributed by atoms with van der Waals surface area (Å²) in [4.78, 5) is 0. The minimum absolute atomic E-state index is 0.131. The molecule has 0 atom stereocenters. The fourth-order valence-electron chi connectivity index (χ4n) is 1.68. The van der Waals surface area contributed by atoms with Gasteiger partial charge in [0.25, 0.3) is 0 Å². The first kappa shape index (κ1) is 14.0. The largest absolute Gasteiger partial charge is 0.493 e. The number of ether oxygens (including phenoxy) is 1. The molecule has 0 spiro atoms. The molecule has 1 aromatic carbocycles. The van der Waals surface area contributed by atoms with Crippen molar-refractivity contribution in [2.45, 2.75) is 46.6 Å². The first-order valence-corrected chi connectivity index (χ1v) is 6.26. The number of benzene rings is 1. The minimum atomic E-state index is 0.131. The van der Waals surface area contributed by atoms with Crippen molar-refractivity contribution in [3.63, 3.8) is 0 Å². The van der Waals surface area contributed by atoms with E-state index in [4.69, 9.17) is 4.74 Å². The Kier molecular flexibility index (Phi) is 4.58. The molecule has 0 bridgehead atoms. The van der Waals surface area contributed by atoms with Gasteiger partial charge in [-0.05, 0) is 64.8 Å². The average Bonchev–Trinajstić information content (AvgIpc) is 2.28. The van der Waals surface area contributed by atoms with Crippen LogP contribution in [0.2, 0.25) is 0 Å². The number of hydrogen-bond acceptors (Lipinski definition) is 2. The van der Waals surface area contributed by atoms with E-state index >= 15 is 0 Å². The summed E-state index contributed by atoms with van der Waals surface area (Å²) in [6, 6.07) is 4.27. The van der Waals surface area contributed by atoms with Gasteiger partial charge in [0.2, 0.25) is 0 Å². The monoisotopic (exact) mass is 235 g/mol. The Morgan fingerprint density at radius 2 is 1.71 bits per heavy atom. The van der Waals surface area contributed by atoms with Crippen molar-refractivity contribution in [1.29, 1.82) is 0 Å². The lowest BCUT2D eigenvalue weighted by atomic mass is 10.0. The number of rotatable bonds is 5. The molecule has 0 aliphatic carbocycles. The van der Waals surface area contributed by atoms with Gasteiger partial charge in [-0.25, -0.2) is 0 Å². The van der Waals surface area contributed by atoms with E-state index in [-0.39, 0.29) is 5.54 Å². The van der Waals surface area contributed by atoms with Crippen molar-refractivity contribution in [3.8, 4) is 5.75 Å². The lowest BCUT2D eigenvalue weighted by molar-refractivity contribution is 0.253. The van der Waals surface area contributed by atoms with Crippen molar-refractivity contribution >= 4 is 0 Å². The van der Waals surface area contributed by atoms with Crippen LogP contribution in [-0.2, 0) is 0 Å². The van der Waals surface area contributed by atoms with Gasteiger partial charge >= 0.3 is 0 Å². The van der Waals surface area contributed by atoms with E-state index < -0.39 is 0 Å². The number of hydrogen-bond donors (Lipinski definition) is 1. The van der Waals surface area contributed by atoms with Crippen LogP contribution in [0.25, 0.3) is 0 Å². The van der Waals surface area contributed by atoms with Crippen molar-refractivity contribution in [2.24, 2.45) is 0 Å².